The molecule has 10 nitrogen and oxygen atoms in total. The van der Waals surface area contributed by atoms with Gasteiger partial charge in [0.2, 0.25) is 0 Å². The Balaban J connectivity index is 1.19. The Labute approximate surface area is 275 Å². The molecule has 1 saturated heterocycles. The molecule has 5 aromatic rings. The van der Waals surface area contributed by atoms with Gasteiger partial charge in [-0.2, -0.15) is 9.78 Å². The zero-order valence-corrected chi connectivity index (χ0v) is 26.7. The van der Waals surface area contributed by atoms with Crippen molar-refractivity contribution in [3.63, 3.8) is 0 Å². The van der Waals surface area contributed by atoms with E-state index in [2.05, 4.69) is 20.3 Å². The highest BCUT2D eigenvalue weighted by Crippen LogP contribution is 2.38. The van der Waals surface area contributed by atoms with E-state index in [0.29, 0.717) is 46.0 Å². The first-order valence-corrected chi connectivity index (χ1v) is 15.8. The van der Waals surface area contributed by atoms with Crippen LogP contribution in [0.1, 0.15) is 41.7 Å². The number of ether oxygens (including phenoxy) is 3. The number of piperidine rings is 1. The second-order valence-electron chi connectivity index (χ2n) is 11.5. The van der Waals surface area contributed by atoms with Crippen LogP contribution in [0, 0.1) is 18.6 Å². The summed E-state index contributed by atoms with van der Waals surface area (Å²) in [5, 5.41) is 7.41. The van der Waals surface area contributed by atoms with Crippen LogP contribution in [0.25, 0.3) is 16.6 Å². The number of nitrogens with zero attached hydrogens (tertiary/aromatic N) is 4. The van der Waals surface area contributed by atoms with Crippen LogP contribution in [-0.2, 0) is 0 Å². The lowest BCUT2D eigenvalue weighted by atomic mass is 10.1. The molecule has 48 heavy (non-hydrogen) atoms. The van der Waals surface area contributed by atoms with Crippen molar-refractivity contribution in [1.29, 1.82) is 0 Å². The molecule has 248 valence electrons. The predicted octanol–water partition coefficient (Wildman–Crippen LogP) is 6.68. The van der Waals surface area contributed by atoms with E-state index in [0.717, 1.165) is 36.8 Å². The number of fused-ring (bicyclic) bond motifs is 1. The molecular weight excluding hydrogens is 620 g/mol. The van der Waals surface area contributed by atoms with Crippen molar-refractivity contribution in [1.82, 2.24) is 19.7 Å². The van der Waals surface area contributed by atoms with E-state index >= 15 is 4.39 Å². The van der Waals surface area contributed by atoms with Gasteiger partial charge in [0, 0.05) is 42.0 Å². The highest BCUT2D eigenvalue weighted by Gasteiger charge is 2.18. The van der Waals surface area contributed by atoms with Crippen LogP contribution in [0.3, 0.4) is 0 Å². The first kappa shape index (κ1) is 32.6. The van der Waals surface area contributed by atoms with Crippen LogP contribution < -0.4 is 25.1 Å². The maximum Gasteiger partial charge on any atom is 0.276 e. The van der Waals surface area contributed by atoms with Gasteiger partial charge in [0.25, 0.3) is 11.5 Å². The maximum atomic E-state index is 15.5. The summed E-state index contributed by atoms with van der Waals surface area (Å²) in [5.41, 5.74) is 0.725. The number of likely N-dealkylation sites (tertiary alicyclic amines) is 1. The number of aromatic nitrogens is 3. The van der Waals surface area contributed by atoms with Gasteiger partial charge < -0.3 is 24.4 Å². The number of anilines is 1. The summed E-state index contributed by atoms with van der Waals surface area (Å²) in [5.74, 6) is -0.521. The van der Waals surface area contributed by atoms with Crippen molar-refractivity contribution >= 4 is 22.5 Å². The summed E-state index contributed by atoms with van der Waals surface area (Å²) < 4.78 is 47.3. The maximum absolute atomic E-state index is 15.5. The van der Waals surface area contributed by atoms with Crippen molar-refractivity contribution in [2.45, 2.75) is 32.6 Å². The van der Waals surface area contributed by atoms with Gasteiger partial charge in [-0.1, -0.05) is 6.42 Å². The summed E-state index contributed by atoms with van der Waals surface area (Å²) in [7, 11) is 1.55. The Bertz CT molecular complexity index is 1990. The van der Waals surface area contributed by atoms with Crippen molar-refractivity contribution in [2.75, 3.05) is 38.7 Å². The molecule has 3 aromatic carbocycles. The number of rotatable bonds is 11. The first-order valence-electron chi connectivity index (χ1n) is 15.8. The fourth-order valence-corrected chi connectivity index (χ4v) is 5.64. The van der Waals surface area contributed by atoms with Gasteiger partial charge in [-0.05, 0) is 93.4 Å². The van der Waals surface area contributed by atoms with Crippen LogP contribution in [-0.4, -0.2) is 58.9 Å². The number of hydrogen-bond donors (Lipinski definition) is 1. The Morgan fingerprint density at radius 2 is 1.71 bits per heavy atom. The fourth-order valence-electron chi connectivity index (χ4n) is 5.64. The normalized spacial score (nSPS) is 13.3. The Morgan fingerprint density at radius 3 is 2.46 bits per heavy atom. The Kier molecular flexibility index (Phi) is 9.91. The number of halogens is 2. The summed E-state index contributed by atoms with van der Waals surface area (Å²) in [6.45, 7) is 5.35. The molecule has 1 aliphatic rings. The number of benzene rings is 3. The molecule has 0 saturated carbocycles. The minimum absolute atomic E-state index is 0.0535. The topological polar surface area (TPSA) is 108 Å². The zero-order chi connectivity index (χ0) is 33.6. The molecule has 0 bridgehead atoms. The van der Waals surface area contributed by atoms with E-state index in [9.17, 15) is 14.0 Å². The fraction of sp³-hybridized carbons (Fsp3) is 0.278. The summed E-state index contributed by atoms with van der Waals surface area (Å²) in [4.78, 5) is 32.7. The van der Waals surface area contributed by atoms with E-state index in [-0.39, 0.29) is 17.1 Å². The van der Waals surface area contributed by atoms with Gasteiger partial charge in [0.1, 0.15) is 11.6 Å². The number of pyridine rings is 1. The lowest BCUT2D eigenvalue weighted by molar-refractivity contribution is 0.102. The Morgan fingerprint density at radius 1 is 0.917 bits per heavy atom. The smallest absolute Gasteiger partial charge is 0.276 e. The first-order chi connectivity index (χ1) is 23.3. The third-order valence-corrected chi connectivity index (χ3v) is 8.13. The van der Waals surface area contributed by atoms with Gasteiger partial charge in [0.15, 0.2) is 28.8 Å². The van der Waals surface area contributed by atoms with Gasteiger partial charge in [-0.15, -0.1) is 0 Å². The highest BCUT2D eigenvalue weighted by molar-refractivity contribution is 6.03. The van der Waals surface area contributed by atoms with Gasteiger partial charge in [-0.3, -0.25) is 14.6 Å². The molecule has 1 N–H and O–H groups in total. The Hall–Kier alpha value is -5.36. The highest BCUT2D eigenvalue weighted by atomic mass is 19.1. The monoisotopic (exact) mass is 655 g/mol. The summed E-state index contributed by atoms with van der Waals surface area (Å²) >= 11 is 0. The van der Waals surface area contributed by atoms with E-state index in [1.165, 1.54) is 61.7 Å². The molecule has 6 rings (SSSR count). The number of aryl methyl sites for hydroxylation is 1. The van der Waals surface area contributed by atoms with E-state index in [1.54, 1.807) is 38.4 Å². The molecule has 0 unspecified atom stereocenters. The molecular formula is C36H35F2N5O5. The second-order valence-corrected chi connectivity index (χ2v) is 11.5. The molecule has 0 radical (unpaired) electrons. The van der Waals surface area contributed by atoms with Crippen LogP contribution in [0.15, 0.2) is 77.7 Å². The molecule has 1 fully saturated rings. The third kappa shape index (κ3) is 7.44. The SMILES string of the molecule is COc1cc2c(Oc3ccc(-n4nc(C(=O)Nc5ccc(F)cc5)c(C)cc4=O)cc3F)ccnc2cc1OCCCN1CCCCC1. The molecule has 0 atom stereocenters. The average Bonchev–Trinajstić information content (AvgIpc) is 3.09. The van der Waals surface area contributed by atoms with Crippen LogP contribution >= 0.6 is 0 Å². The van der Waals surface area contributed by atoms with Crippen LogP contribution in [0.5, 0.6) is 23.0 Å². The lowest BCUT2D eigenvalue weighted by Crippen LogP contribution is -2.31. The zero-order valence-electron chi connectivity index (χ0n) is 26.7. The van der Waals surface area contributed by atoms with Crippen molar-refractivity contribution in [2.24, 2.45) is 0 Å². The minimum atomic E-state index is -0.760. The van der Waals surface area contributed by atoms with Crippen molar-refractivity contribution < 1.29 is 27.8 Å². The van der Waals surface area contributed by atoms with Crippen molar-refractivity contribution in [3.05, 3.63) is 106 Å². The molecule has 0 aliphatic carbocycles. The van der Waals surface area contributed by atoms with Gasteiger partial charge >= 0.3 is 0 Å². The van der Waals surface area contributed by atoms with Gasteiger partial charge in [-0.25, -0.2) is 8.78 Å². The standard InChI is InChI=1S/C36H35F2N5O5/c1-23-19-34(44)43(41-35(23)36(45)40-25-9-7-24(37)8-10-25)26-11-12-31(28(38)20-26)48-30-13-14-39-29-22-33(32(46-2)21-27(29)30)47-18-6-17-42-15-4-3-5-16-42/h7-14,19-22H,3-6,15-18H2,1-2H3,(H,40,45). The largest absolute Gasteiger partial charge is 0.493 e. The third-order valence-electron chi connectivity index (χ3n) is 8.13. The molecule has 12 heteroatoms. The quantitative estimate of drug-likeness (QED) is 0.157. The number of carbonyl (C=O) groups excluding carboxylic acids is 1. The number of nitrogens with one attached hydrogen (secondary N) is 1. The lowest BCUT2D eigenvalue weighted by Gasteiger charge is -2.26. The molecule has 1 aliphatic heterocycles. The van der Waals surface area contributed by atoms with E-state index in [4.69, 9.17) is 14.2 Å². The van der Waals surface area contributed by atoms with Gasteiger partial charge in [0.05, 0.1) is 24.9 Å². The molecule has 0 spiro atoms. The summed E-state index contributed by atoms with van der Waals surface area (Å²) in [6, 6.07) is 15.5. The average molecular weight is 656 g/mol. The summed E-state index contributed by atoms with van der Waals surface area (Å²) in [6.07, 6.45) is 6.24. The van der Waals surface area contributed by atoms with Crippen LogP contribution in [0.4, 0.5) is 14.5 Å². The van der Waals surface area contributed by atoms with Crippen molar-refractivity contribution in [3.8, 4) is 28.7 Å². The number of methoxy groups -OCH3 is 1. The number of amides is 1. The minimum Gasteiger partial charge on any atom is -0.493 e. The number of hydrogen-bond acceptors (Lipinski definition) is 8. The number of carbonyl (C=O) groups is 1. The van der Waals surface area contributed by atoms with E-state index < -0.39 is 23.1 Å². The molecule has 1 amide bonds. The predicted molar refractivity (Wildman–Crippen MR) is 178 cm³/mol. The van der Waals surface area contributed by atoms with Crippen LogP contribution in [0.2, 0.25) is 0 Å². The second kappa shape index (κ2) is 14.6. The molecule has 2 aromatic heterocycles. The van der Waals surface area contributed by atoms with E-state index in [1.807, 2.05) is 0 Å². The molecule has 3 heterocycles.